The van der Waals surface area contributed by atoms with Crippen molar-refractivity contribution in [2.24, 2.45) is 5.41 Å². The Balaban J connectivity index is 2.32. The number of ketones is 1. The molecule has 7 nitrogen and oxygen atoms in total. The predicted molar refractivity (Wildman–Crippen MR) is 119 cm³/mol. The molecule has 2 amide bonds. The van der Waals surface area contributed by atoms with Crippen molar-refractivity contribution < 1.29 is 23.9 Å². The number of nitrogens with zero attached hydrogens (tertiary/aromatic N) is 1. The van der Waals surface area contributed by atoms with Gasteiger partial charge in [-0.15, -0.1) is 0 Å². The first-order valence-corrected chi connectivity index (χ1v) is 10.8. The number of rotatable bonds is 6. The lowest BCUT2D eigenvalue weighted by Crippen LogP contribution is -2.57. The van der Waals surface area contributed by atoms with Crippen LogP contribution in [0.3, 0.4) is 0 Å². The predicted octanol–water partition coefficient (Wildman–Crippen LogP) is 4.16. The lowest BCUT2D eigenvalue weighted by atomic mass is 9.84. The molecule has 1 saturated heterocycles. The van der Waals surface area contributed by atoms with E-state index in [9.17, 15) is 14.4 Å². The fraction of sp³-hybridized carbons (Fsp3) is 0.625. The number of hydrogen-bond acceptors (Lipinski definition) is 5. The molecule has 1 fully saturated rings. The molecule has 172 valence electrons. The van der Waals surface area contributed by atoms with Gasteiger partial charge in [-0.1, -0.05) is 45.9 Å². The first kappa shape index (κ1) is 24.9. The summed E-state index contributed by atoms with van der Waals surface area (Å²) in [7, 11) is 0. The number of carbonyl (C=O) groups is 3. The van der Waals surface area contributed by atoms with Gasteiger partial charge in [-0.3, -0.25) is 14.5 Å². The molecule has 0 spiro atoms. The van der Waals surface area contributed by atoms with Gasteiger partial charge in [0.2, 0.25) is 0 Å². The first-order chi connectivity index (χ1) is 14.2. The van der Waals surface area contributed by atoms with Crippen LogP contribution in [0, 0.1) is 5.41 Å². The van der Waals surface area contributed by atoms with Gasteiger partial charge in [-0.05, 0) is 46.2 Å². The summed E-state index contributed by atoms with van der Waals surface area (Å²) in [5.41, 5.74) is -1.75. The quantitative estimate of drug-likeness (QED) is 0.729. The highest BCUT2D eigenvalue weighted by Gasteiger charge is 2.51. The zero-order valence-electron chi connectivity index (χ0n) is 19.9. The van der Waals surface area contributed by atoms with Crippen molar-refractivity contribution in [1.29, 1.82) is 0 Å². The third kappa shape index (κ3) is 5.64. The van der Waals surface area contributed by atoms with Crippen LogP contribution >= 0.6 is 0 Å². The van der Waals surface area contributed by atoms with Crippen molar-refractivity contribution in [2.75, 3.05) is 6.61 Å². The molecule has 1 aromatic rings. The second-order valence-electron chi connectivity index (χ2n) is 10.2. The summed E-state index contributed by atoms with van der Waals surface area (Å²) in [6.45, 7) is 14.9. The number of nitrogens with one attached hydrogen (secondary N) is 1. The van der Waals surface area contributed by atoms with Gasteiger partial charge in [0.15, 0.2) is 11.9 Å². The number of Topliss-reactive ketones (excluding diaryl/α,β-unsaturated/α-hetero) is 1. The van der Waals surface area contributed by atoms with Gasteiger partial charge < -0.3 is 14.8 Å². The normalized spacial score (nSPS) is 19.4. The van der Waals surface area contributed by atoms with E-state index in [0.29, 0.717) is 18.6 Å². The molecule has 1 aromatic carbocycles. The van der Waals surface area contributed by atoms with E-state index in [1.165, 1.54) is 4.90 Å². The molecule has 0 bridgehead atoms. The molecule has 1 aliphatic rings. The highest BCUT2D eigenvalue weighted by Crippen LogP contribution is 2.36. The smallest absolute Gasteiger partial charge is 0.413 e. The summed E-state index contributed by atoms with van der Waals surface area (Å²) in [4.78, 5) is 40.8. The number of amides is 2. The molecule has 0 radical (unpaired) electrons. The number of carbonyl (C=O) groups excluding carboxylic acids is 3. The summed E-state index contributed by atoms with van der Waals surface area (Å²) >= 11 is 0. The highest BCUT2D eigenvalue weighted by atomic mass is 16.6. The first-order valence-electron chi connectivity index (χ1n) is 10.8. The Labute approximate surface area is 185 Å². The van der Waals surface area contributed by atoms with Crippen LogP contribution in [0.5, 0.6) is 0 Å². The Bertz CT molecular complexity index is 795. The molecule has 7 heteroatoms. The summed E-state index contributed by atoms with van der Waals surface area (Å²) in [6, 6.07) is 8.08. The SMILES string of the molecule is CC[C@@H](NC(=O)c1ccccc1)[C@@H](OC(=O)N1C(C)(C)COC1(C)C)C(=O)C(C)(C)C. The van der Waals surface area contributed by atoms with Gasteiger partial charge in [-0.25, -0.2) is 4.79 Å². The van der Waals surface area contributed by atoms with Crippen molar-refractivity contribution in [3.8, 4) is 0 Å². The number of hydrogen-bond donors (Lipinski definition) is 1. The molecule has 2 atom stereocenters. The summed E-state index contributed by atoms with van der Waals surface area (Å²) in [6.07, 6.45) is -1.35. The highest BCUT2D eigenvalue weighted by molar-refractivity contribution is 5.96. The van der Waals surface area contributed by atoms with Gasteiger partial charge in [0.25, 0.3) is 5.91 Å². The molecule has 0 saturated carbocycles. The van der Waals surface area contributed by atoms with Gasteiger partial charge in [0, 0.05) is 11.0 Å². The molecule has 0 aromatic heterocycles. The zero-order chi connectivity index (χ0) is 23.6. The van der Waals surface area contributed by atoms with Crippen LogP contribution < -0.4 is 5.32 Å². The molecule has 31 heavy (non-hydrogen) atoms. The largest absolute Gasteiger partial charge is 0.436 e. The maximum Gasteiger partial charge on any atom is 0.413 e. The average molecular weight is 433 g/mol. The molecule has 1 aliphatic heterocycles. The van der Waals surface area contributed by atoms with E-state index < -0.39 is 34.9 Å². The van der Waals surface area contributed by atoms with Crippen LogP contribution in [0.1, 0.15) is 72.2 Å². The van der Waals surface area contributed by atoms with E-state index in [1.807, 2.05) is 26.8 Å². The molecular formula is C24H36N2O5. The molecule has 1 heterocycles. The second kappa shape index (κ2) is 8.99. The third-order valence-electron chi connectivity index (χ3n) is 5.49. The lowest BCUT2D eigenvalue weighted by Gasteiger charge is -2.39. The molecular weight excluding hydrogens is 396 g/mol. The third-order valence-corrected chi connectivity index (χ3v) is 5.49. The van der Waals surface area contributed by atoms with Crippen molar-refractivity contribution >= 4 is 17.8 Å². The van der Waals surface area contributed by atoms with Gasteiger partial charge in [0.05, 0.1) is 18.2 Å². The minimum absolute atomic E-state index is 0.253. The van der Waals surface area contributed by atoms with E-state index in [-0.39, 0.29) is 11.7 Å². The van der Waals surface area contributed by atoms with Crippen LogP contribution in [0.4, 0.5) is 4.79 Å². The average Bonchev–Trinajstić information content (AvgIpc) is 2.91. The Morgan fingerprint density at radius 3 is 2.16 bits per heavy atom. The van der Waals surface area contributed by atoms with Crippen molar-refractivity contribution in [1.82, 2.24) is 10.2 Å². The minimum Gasteiger partial charge on any atom is -0.436 e. The summed E-state index contributed by atoms with van der Waals surface area (Å²) in [5.74, 6) is -0.572. The standard InChI is InChI=1S/C24H36N2O5/c1-9-17(25-20(28)16-13-11-10-12-14-16)18(19(27)22(2,3)4)31-21(29)26-23(5,6)15-30-24(26,7)8/h10-14,17-18H,9,15H2,1-8H3,(H,25,28)/t17-,18-/m1/s1. The van der Waals surface area contributed by atoms with E-state index in [2.05, 4.69) is 5.32 Å². The van der Waals surface area contributed by atoms with E-state index >= 15 is 0 Å². The maximum absolute atomic E-state index is 13.3. The van der Waals surface area contributed by atoms with Crippen molar-refractivity contribution in [2.45, 2.75) is 85.2 Å². The van der Waals surface area contributed by atoms with Crippen LogP contribution in [0.25, 0.3) is 0 Å². The monoisotopic (exact) mass is 432 g/mol. The fourth-order valence-corrected chi connectivity index (χ4v) is 3.82. The van der Waals surface area contributed by atoms with Crippen LogP contribution in [-0.2, 0) is 14.3 Å². The Hall–Kier alpha value is -2.41. The molecule has 0 aliphatic carbocycles. The van der Waals surface area contributed by atoms with Crippen molar-refractivity contribution in [3.63, 3.8) is 0 Å². The maximum atomic E-state index is 13.3. The summed E-state index contributed by atoms with van der Waals surface area (Å²) in [5, 5.41) is 2.89. The molecule has 1 N–H and O–H groups in total. The topological polar surface area (TPSA) is 84.9 Å². The van der Waals surface area contributed by atoms with Crippen molar-refractivity contribution in [3.05, 3.63) is 35.9 Å². The van der Waals surface area contributed by atoms with Crippen LogP contribution in [-0.4, -0.2) is 52.7 Å². The number of benzene rings is 1. The lowest BCUT2D eigenvalue weighted by molar-refractivity contribution is -0.138. The number of ether oxygens (including phenoxy) is 2. The van der Waals surface area contributed by atoms with Gasteiger partial charge in [-0.2, -0.15) is 0 Å². The van der Waals surface area contributed by atoms with Gasteiger partial charge >= 0.3 is 6.09 Å². The van der Waals surface area contributed by atoms with E-state index in [1.54, 1.807) is 58.9 Å². The molecule has 2 rings (SSSR count). The van der Waals surface area contributed by atoms with Crippen LogP contribution in [0.2, 0.25) is 0 Å². The Kier molecular flexibility index (Phi) is 7.21. The molecule has 0 unspecified atom stereocenters. The zero-order valence-corrected chi connectivity index (χ0v) is 19.9. The van der Waals surface area contributed by atoms with Crippen LogP contribution in [0.15, 0.2) is 30.3 Å². The minimum atomic E-state index is -1.13. The van der Waals surface area contributed by atoms with E-state index in [0.717, 1.165) is 0 Å². The Morgan fingerprint density at radius 2 is 1.71 bits per heavy atom. The van der Waals surface area contributed by atoms with Gasteiger partial charge in [0.1, 0.15) is 5.72 Å². The Morgan fingerprint density at radius 1 is 1.13 bits per heavy atom. The second-order valence-corrected chi connectivity index (χ2v) is 10.2. The fourth-order valence-electron chi connectivity index (χ4n) is 3.82. The van der Waals surface area contributed by atoms with E-state index in [4.69, 9.17) is 9.47 Å². The summed E-state index contributed by atoms with van der Waals surface area (Å²) < 4.78 is 11.6.